The summed E-state index contributed by atoms with van der Waals surface area (Å²) in [6, 6.07) is 4.68. The summed E-state index contributed by atoms with van der Waals surface area (Å²) >= 11 is 11.7. The van der Waals surface area contributed by atoms with Crippen molar-refractivity contribution in [1.82, 2.24) is 0 Å². The Bertz CT molecular complexity index is 281. The van der Waals surface area contributed by atoms with Gasteiger partial charge in [-0.3, -0.25) is 0 Å². The average Bonchev–Trinajstić information content (AvgIpc) is 2.03. The summed E-state index contributed by atoms with van der Waals surface area (Å²) in [6.07, 6.45) is -0.818. The zero-order chi connectivity index (χ0) is 10.0. The topological polar surface area (TPSA) is 46.2 Å². The molecule has 0 amide bonds. The molecule has 4 heteroatoms. The van der Waals surface area contributed by atoms with Crippen molar-refractivity contribution in [2.75, 3.05) is 0 Å². The maximum absolute atomic E-state index is 9.67. The van der Waals surface area contributed by atoms with Crippen LogP contribution in [0.25, 0.3) is 0 Å². The largest absolute Gasteiger partial charge is 0.387 e. The first kappa shape index (κ1) is 10.8. The summed E-state index contributed by atoms with van der Waals surface area (Å²) in [5, 5.41) is 10.5. The number of rotatable bonds is 2. The van der Waals surface area contributed by atoms with E-state index in [1.807, 2.05) is 0 Å². The van der Waals surface area contributed by atoms with E-state index in [9.17, 15) is 5.11 Å². The highest BCUT2D eigenvalue weighted by Crippen LogP contribution is 2.31. The molecule has 1 aromatic rings. The minimum absolute atomic E-state index is 0.391. The predicted octanol–water partition coefficient (Wildman–Crippen LogP) is 2.37. The molecule has 0 saturated carbocycles. The van der Waals surface area contributed by atoms with Gasteiger partial charge in [0, 0.05) is 21.7 Å². The molecule has 0 aliphatic carbocycles. The van der Waals surface area contributed by atoms with Crippen LogP contribution >= 0.6 is 23.2 Å². The van der Waals surface area contributed by atoms with E-state index in [-0.39, 0.29) is 0 Å². The first-order valence-electron chi connectivity index (χ1n) is 3.91. The molecule has 13 heavy (non-hydrogen) atoms. The van der Waals surface area contributed by atoms with Crippen LogP contribution < -0.4 is 5.73 Å². The summed E-state index contributed by atoms with van der Waals surface area (Å²) in [5.74, 6) is 0. The number of aliphatic hydroxyl groups is 1. The molecule has 0 aromatic heterocycles. The van der Waals surface area contributed by atoms with Gasteiger partial charge in [-0.05, 0) is 19.1 Å². The second kappa shape index (κ2) is 4.29. The number of nitrogens with two attached hydrogens (primary N) is 1. The number of hydrogen-bond donors (Lipinski definition) is 2. The zero-order valence-corrected chi connectivity index (χ0v) is 8.68. The van der Waals surface area contributed by atoms with E-state index in [2.05, 4.69) is 0 Å². The van der Waals surface area contributed by atoms with Gasteiger partial charge in [-0.2, -0.15) is 0 Å². The minimum atomic E-state index is -0.818. The maximum atomic E-state index is 9.67. The third kappa shape index (κ3) is 2.35. The lowest BCUT2D eigenvalue weighted by Crippen LogP contribution is -2.24. The van der Waals surface area contributed by atoms with Gasteiger partial charge in [0.1, 0.15) is 0 Å². The van der Waals surface area contributed by atoms with Gasteiger partial charge in [0.2, 0.25) is 0 Å². The molecule has 0 saturated heterocycles. The van der Waals surface area contributed by atoms with Crippen molar-refractivity contribution in [1.29, 1.82) is 0 Å². The van der Waals surface area contributed by atoms with Crippen LogP contribution in [0.4, 0.5) is 0 Å². The van der Waals surface area contributed by atoms with Crippen molar-refractivity contribution in [3.05, 3.63) is 33.8 Å². The molecule has 0 spiro atoms. The molecule has 0 aliphatic rings. The molecule has 1 aromatic carbocycles. The average molecular weight is 220 g/mol. The van der Waals surface area contributed by atoms with Gasteiger partial charge in [-0.25, -0.2) is 0 Å². The lowest BCUT2D eigenvalue weighted by atomic mass is 10.0. The van der Waals surface area contributed by atoms with Gasteiger partial charge < -0.3 is 10.8 Å². The van der Waals surface area contributed by atoms with Crippen LogP contribution in [-0.4, -0.2) is 11.1 Å². The third-order valence-corrected chi connectivity index (χ3v) is 2.45. The Morgan fingerprint density at radius 2 is 1.77 bits per heavy atom. The van der Waals surface area contributed by atoms with Crippen molar-refractivity contribution >= 4 is 23.2 Å². The Hall–Kier alpha value is -0.280. The van der Waals surface area contributed by atoms with E-state index in [1.165, 1.54) is 0 Å². The van der Waals surface area contributed by atoms with Crippen molar-refractivity contribution in [2.45, 2.75) is 19.1 Å². The molecule has 2 atom stereocenters. The van der Waals surface area contributed by atoms with Gasteiger partial charge >= 0.3 is 0 Å². The van der Waals surface area contributed by atoms with Crippen LogP contribution in [-0.2, 0) is 0 Å². The van der Waals surface area contributed by atoms with E-state index in [4.69, 9.17) is 28.9 Å². The van der Waals surface area contributed by atoms with E-state index in [0.29, 0.717) is 15.6 Å². The lowest BCUT2D eigenvalue weighted by molar-refractivity contribution is 0.153. The molecule has 0 fully saturated rings. The normalized spacial score (nSPS) is 15.5. The van der Waals surface area contributed by atoms with Crippen molar-refractivity contribution < 1.29 is 5.11 Å². The third-order valence-electron chi connectivity index (χ3n) is 1.79. The summed E-state index contributed by atoms with van der Waals surface area (Å²) < 4.78 is 0. The van der Waals surface area contributed by atoms with Gasteiger partial charge in [-0.1, -0.05) is 29.3 Å². The molecule has 2 nitrogen and oxygen atoms in total. The second-order valence-corrected chi connectivity index (χ2v) is 3.75. The van der Waals surface area contributed by atoms with Crippen LogP contribution in [0, 0.1) is 0 Å². The second-order valence-electron chi connectivity index (χ2n) is 2.94. The fourth-order valence-corrected chi connectivity index (χ4v) is 1.68. The fourth-order valence-electron chi connectivity index (χ4n) is 1.06. The van der Waals surface area contributed by atoms with Crippen molar-refractivity contribution in [3.63, 3.8) is 0 Å². The number of benzene rings is 1. The van der Waals surface area contributed by atoms with Crippen LogP contribution in [0.3, 0.4) is 0 Å². The van der Waals surface area contributed by atoms with E-state index in [1.54, 1.807) is 25.1 Å². The molecule has 0 unspecified atom stereocenters. The number of hydrogen-bond acceptors (Lipinski definition) is 2. The lowest BCUT2D eigenvalue weighted by Gasteiger charge is -2.17. The highest BCUT2D eigenvalue weighted by Gasteiger charge is 2.18. The van der Waals surface area contributed by atoms with Gasteiger partial charge in [0.15, 0.2) is 0 Å². The van der Waals surface area contributed by atoms with Crippen molar-refractivity contribution in [3.8, 4) is 0 Å². The molecule has 3 N–H and O–H groups in total. The minimum Gasteiger partial charge on any atom is -0.387 e. The van der Waals surface area contributed by atoms with E-state index in [0.717, 1.165) is 0 Å². The van der Waals surface area contributed by atoms with Gasteiger partial charge in [-0.15, -0.1) is 0 Å². The molecular formula is C9H11Cl2NO. The molecule has 0 bridgehead atoms. The standard InChI is InChI=1S/C9H11Cl2NO/c1-5(12)9(13)8-6(10)3-2-4-7(8)11/h2-5,9,13H,12H2,1H3/t5-,9+/m0/s1. The van der Waals surface area contributed by atoms with Crippen LogP contribution in [0.15, 0.2) is 18.2 Å². The quantitative estimate of drug-likeness (QED) is 0.803. The maximum Gasteiger partial charge on any atom is 0.0966 e. The predicted molar refractivity (Wildman–Crippen MR) is 55.1 cm³/mol. The Morgan fingerprint density at radius 1 is 1.31 bits per heavy atom. The molecular weight excluding hydrogens is 209 g/mol. The van der Waals surface area contributed by atoms with Crippen LogP contribution in [0.1, 0.15) is 18.6 Å². The first-order chi connectivity index (χ1) is 6.04. The van der Waals surface area contributed by atoms with E-state index < -0.39 is 12.1 Å². The summed E-state index contributed by atoms with van der Waals surface area (Å²) in [4.78, 5) is 0. The van der Waals surface area contributed by atoms with Gasteiger partial charge in [0.05, 0.1) is 6.10 Å². The summed E-state index contributed by atoms with van der Waals surface area (Å²) in [7, 11) is 0. The highest BCUT2D eigenvalue weighted by atomic mass is 35.5. The Labute approximate surface area is 87.3 Å². The first-order valence-corrected chi connectivity index (χ1v) is 4.67. The Kier molecular flexibility index (Phi) is 3.56. The Morgan fingerprint density at radius 3 is 2.15 bits per heavy atom. The monoisotopic (exact) mass is 219 g/mol. The summed E-state index contributed by atoms with van der Waals surface area (Å²) in [6.45, 7) is 1.70. The SMILES string of the molecule is C[C@H](N)[C@@H](O)c1c(Cl)cccc1Cl. The molecule has 0 radical (unpaired) electrons. The molecule has 0 heterocycles. The highest BCUT2D eigenvalue weighted by molar-refractivity contribution is 6.36. The number of aliphatic hydroxyl groups excluding tert-OH is 1. The fraction of sp³-hybridized carbons (Fsp3) is 0.333. The van der Waals surface area contributed by atoms with E-state index >= 15 is 0 Å². The molecule has 72 valence electrons. The molecule has 1 rings (SSSR count). The Balaban J connectivity index is 3.12. The van der Waals surface area contributed by atoms with Crippen LogP contribution in [0.5, 0.6) is 0 Å². The zero-order valence-electron chi connectivity index (χ0n) is 7.17. The van der Waals surface area contributed by atoms with Gasteiger partial charge in [0.25, 0.3) is 0 Å². The van der Waals surface area contributed by atoms with Crippen LogP contribution in [0.2, 0.25) is 10.0 Å². The molecule has 0 aliphatic heterocycles. The van der Waals surface area contributed by atoms with Crippen molar-refractivity contribution in [2.24, 2.45) is 5.73 Å². The smallest absolute Gasteiger partial charge is 0.0966 e. The number of halogens is 2. The summed E-state index contributed by atoms with van der Waals surface area (Å²) in [5.41, 5.74) is 6.04.